The van der Waals surface area contributed by atoms with Gasteiger partial charge in [0.15, 0.2) is 0 Å². The van der Waals surface area contributed by atoms with E-state index in [0.29, 0.717) is 11.7 Å². The summed E-state index contributed by atoms with van der Waals surface area (Å²) in [5.41, 5.74) is -1.00. The third-order valence-electron chi connectivity index (χ3n) is 3.43. The molecule has 0 spiro atoms. The molecular formula is C16H20N2O5P+. The molecule has 0 bridgehead atoms. The molecule has 0 radical (unpaired) electrons. The monoisotopic (exact) mass is 351 g/mol. The molecule has 2 rings (SSSR count). The van der Waals surface area contributed by atoms with Gasteiger partial charge in [0.1, 0.15) is 12.8 Å². The molecule has 2 aromatic rings. The topological polar surface area (TPSA) is 90.4 Å². The molecule has 0 amide bonds. The van der Waals surface area contributed by atoms with Crippen LogP contribution in [0.2, 0.25) is 0 Å². The molecule has 0 aliphatic rings. The predicted molar refractivity (Wildman–Crippen MR) is 90.8 cm³/mol. The zero-order valence-corrected chi connectivity index (χ0v) is 14.4. The van der Waals surface area contributed by atoms with Crippen LogP contribution in [0, 0.1) is 0 Å². The molecule has 1 N–H and O–H groups in total. The van der Waals surface area contributed by atoms with E-state index in [1.165, 1.54) is 16.8 Å². The van der Waals surface area contributed by atoms with Crippen LogP contribution < -0.4 is 16.6 Å². The van der Waals surface area contributed by atoms with Crippen LogP contribution in [-0.2, 0) is 13.8 Å². The number of hydrogen-bond donors (Lipinski definition) is 1. The number of aromatic amines is 1. The smallest absolute Gasteiger partial charge is 0.352 e. The van der Waals surface area contributed by atoms with Crippen molar-refractivity contribution >= 4 is 13.3 Å². The number of rotatable bonds is 8. The molecule has 0 saturated carbocycles. The number of H-pyrrole nitrogens is 1. The van der Waals surface area contributed by atoms with E-state index in [9.17, 15) is 14.2 Å². The highest BCUT2D eigenvalue weighted by Crippen LogP contribution is 2.23. The van der Waals surface area contributed by atoms with Gasteiger partial charge in [-0.25, -0.2) is 4.79 Å². The minimum absolute atomic E-state index is 0.142. The Hall–Kier alpha value is -2.08. The summed E-state index contributed by atoms with van der Waals surface area (Å²) in [4.78, 5) is 25.0. The van der Waals surface area contributed by atoms with Crippen LogP contribution in [0.4, 0.5) is 0 Å². The molecule has 0 fully saturated rings. The van der Waals surface area contributed by atoms with Gasteiger partial charge in [-0.2, -0.15) is 0 Å². The Balaban J connectivity index is 1.95. The van der Waals surface area contributed by atoms with E-state index >= 15 is 0 Å². The number of hydrogen-bond acceptors (Lipinski definition) is 5. The van der Waals surface area contributed by atoms with Crippen molar-refractivity contribution in [2.45, 2.75) is 32.6 Å². The van der Waals surface area contributed by atoms with Crippen molar-refractivity contribution in [1.82, 2.24) is 9.55 Å². The Bertz CT molecular complexity index is 787. The quantitative estimate of drug-likeness (QED) is 0.734. The maximum atomic E-state index is 12.1. The molecule has 3 atom stereocenters. The molecule has 24 heavy (non-hydrogen) atoms. The molecule has 1 aromatic carbocycles. The van der Waals surface area contributed by atoms with Crippen molar-refractivity contribution in [1.29, 1.82) is 0 Å². The molecular weight excluding hydrogens is 331 g/mol. The van der Waals surface area contributed by atoms with E-state index in [0.717, 1.165) is 0 Å². The van der Waals surface area contributed by atoms with Gasteiger partial charge >= 0.3 is 13.7 Å². The standard InChI is InChI=1S/C16H19N2O5P/c1-3-13(11-22-24(21)14-7-5-4-6-8-14)23-12(2)18-10-9-15(19)17-16(18)20/h4-10,12-13H,3,11H2,1-2H3/p+1. The number of aromatic nitrogens is 2. The van der Waals surface area contributed by atoms with Crippen molar-refractivity contribution in [3.8, 4) is 0 Å². The Kier molecular flexibility index (Phi) is 6.61. The molecule has 3 unspecified atom stereocenters. The van der Waals surface area contributed by atoms with Crippen LogP contribution in [-0.4, -0.2) is 22.3 Å². The lowest BCUT2D eigenvalue weighted by molar-refractivity contribution is -0.0629. The van der Waals surface area contributed by atoms with E-state index < -0.39 is 25.5 Å². The second-order valence-electron chi connectivity index (χ2n) is 5.17. The van der Waals surface area contributed by atoms with Crippen LogP contribution in [0.1, 0.15) is 26.5 Å². The van der Waals surface area contributed by atoms with Crippen LogP contribution in [0.5, 0.6) is 0 Å². The fourth-order valence-electron chi connectivity index (χ4n) is 2.09. The van der Waals surface area contributed by atoms with Crippen molar-refractivity contribution in [2.24, 2.45) is 0 Å². The third kappa shape index (κ3) is 4.96. The molecule has 1 heterocycles. The Morgan fingerprint density at radius 2 is 1.92 bits per heavy atom. The van der Waals surface area contributed by atoms with Gasteiger partial charge in [0.25, 0.3) is 5.56 Å². The van der Waals surface area contributed by atoms with E-state index in [1.54, 1.807) is 31.2 Å². The van der Waals surface area contributed by atoms with Crippen molar-refractivity contribution in [3.05, 3.63) is 63.4 Å². The summed E-state index contributed by atoms with van der Waals surface area (Å²) >= 11 is 0. The highest BCUT2D eigenvalue weighted by molar-refractivity contribution is 7.48. The van der Waals surface area contributed by atoms with E-state index in [1.807, 2.05) is 13.0 Å². The summed E-state index contributed by atoms with van der Waals surface area (Å²) in [6.45, 7) is 3.74. The largest absolute Gasteiger partial charge is 0.548 e. The molecule has 0 aliphatic heterocycles. The Labute approximate surface area is 140 Å². The first-order valence-electron chi connectivity index (χ1n) is 7.63. The number of nitrogens with one attached hydrogen (secondary N) is 1. The van der Waals surface area contributed by atoms with Gasteiger partial charge in [0.05, 0.1) is 6.10 Å². The fourth-order valence-corrected chi connectivity index (χ4v) is 2.95. The van der Waals surface area contributed by atoms with Crippen LogP contribution in [0.25, 0.3) is 0 Å². The molecule has 128 valence electrons. The first-order valence-corrected chi connectivity index (χ1v) is 8.81. The van der Waals surface area contributed by atoms with Gasteiger partial charge in [0, 0.05) is 12.3 Å². The summed E-state index contributed by atoms with van der Waals surface area (Å²) < 4.78 is 24.6. The average molecular weight is 351 g/mol. The number of benzene rings is 1. The molecule has 8 heteroatoms. The van der Waals surface area contributed by atoms with Crippen molar-refractivity contribution < 1.29 is 13.8 Å². The van der Waals surface area contributed by atoms with Gasteiger partial charge in [-0.15, -0.1) is 4.52 Å². The maximum absolute atomic E-state index is 12.1. The van der Waals surface area contributed by atoms with Gasteiger partial charge in [-0.3, -0.25) is 14.3 Å². The predicted octanol–water partition coefficient (Wildman–Crippen LogP) is 1.93. The third-order valence-corrected chi connectivity index (χ3v) is 4.54. The minimum Gasteiger partial charge on any atom is -0.352 e. The van der Waals surface area contributed by atoms with E-state index in [2.05, 4.69) is 4.98 Å². The lowest BCUT2D eigenvalue weighted by atomic mass is 10.3. The summed E-state index contributed by atoms with van der Waals surface area (Å²) in [6.07, 6.45) is 1.09. The van der Waals surface area contributed by atoms with E-state index in [-0.39, 0.29) is 12.7 Å². The van der Waals surface area contributed by atoms with Gasteiger partial charge in [-0.1, -0.05) is 25.1 Å². The highest BCUT2D eigenvalue weighted by atomic mass is 31.1. The van der Waals surface area contributed by atoms with Gasteiger partial charge < -0.3 is 4.74 Å². The Morgan fingerprint density at radius 1 is 1.21 bits per heavy atom. The van der Waals surface area contributed by atoms with E-state index in [4.69, 9.17) is 9.26 Å². The highest BCUT2D eigenvalue weighted by Gasteiger charge is 2.24. The summed E-state index contributed by atoms with van der Waals surface area (Å²) in [6, 6.07) is 10.2. The second-order valence-corrected chi connectivity index (χ2v) is 6.46. The molecule has 1 aromatic heterocycles. The van der Waals surface area contributed by atoms with Crippen molar-refractivity contribution in [3.63, 3.8) is 0 Å². The first kappa shape index (κ1) is 18.3. The molecule has 0 saturated heterocycles. The SMILES string of the molecule is CCC(CO[P+](=O)c1ccccc1)OC(C)n1ccc(=O)[nH]c1=O. The van der Waals surface area contributed by atoms with Crippen LogP contribution >= 0.6 is 8.03 Å². The summed E-state index contributed by atoms with van der Waals surface area (Å²) in [7, 11) is -1.95. The normalized spacial score (nSPS) is 14.2. The average Bonchev–Trinajstić information content (AvgIpc) is 2.58. The van der Waals surface area contributed by atoms with Crippen LogP contribution in [0.3, 0.4) is 0 Å². The lowest BCUT2D eigenvalue weighted by Gasteiger charge is -2.20. The lowest BCUT2D eigenvalue weighted by Crippen LogP contribution is -2.33. The fraction of sp³-hybridized carbons (Fsp3) is 0.375. The Morgan fingerprint density at radius 3 is 2.54 bits per heavy atom. The van der Waals surface area contributed by atoms with Crippen molar-refractivity contribution in [2.75, 3.05) is 6.61 Å². The number of ether oxygens (including phenoxy) is 1. The number of nitrogens with zero attached hydrogens (tertiary/aromatic N) is 1. The van der Waals surface area contributed by atoms with Crippen LogP contribution in [0.15, 0.2) is 52.2 Å². The second kappa shape index (κ2) is 8.68. The summed E-state index contributed by atoms with van der Waals surface area (Å²) in [5.74, 6) is 0. The maximum Gasteiger partial charge on any atom is 0.548 e. The minimum atomic E-state index is -1.95. The molecule has 0 aliphatic carbocycles. The van der Waals surface area contributed by atoms with Gasteiger partial charge in [0.2, 0.25) is 5.30 Å². The summed E-state index contributed by atoms with van der Waals surface area (Å²) in [5, 5.41) is 0.618. The van der Waals surface area contributed by atoms with Gasteiger partial charge in [-0.05, 0) is 30.0 Å². The zero-order valence-electron chi connectivity index (χ0n) is 13.5. The first-order chi connectivity index (χ1) is 11.5. The zero-order chi connectivity index (χ0) is 17.5. The molecule has 7 nitrogen and oxygen atoms in total.